The highest BCUT2D eigenvalue weighted by molar-refractivity contribution is 5.92. The van der Waals surface area contributed by atoms with Crippen molar-refractivity contribution < 1.29 is 19.4 Å². The van der Waals surface area contributed by atoms with E-state index in [2.05, 4.69) is 5.32 Å². The van der Waals surface area contributed by atoms with Gasteiger partial charge < -0.3 is 15.2 Å². The number of carbonyl (C=O) groups excluding carboxylic acids is 1. The normalized spacial score (nSPS) is 9.94. The maximum Gasteiger partial charge on any atom is 0.303 e. The number of benzene rings is 1. The van der Waals surface area contributed by atoms with Crippen molar-refractivity contribution in [1.29, 1.82) is 0 Å². The number of para-hydroxylation sites is 1. The first-order chi connectivity index (χ1) is 8.13. The standard InChI is InChI=1S/C12H15NO4/c1-17-8-11(14)13-10-5-3-2-4-9(10)6-7-12(15)16/h2-5H,6-8H2,1H3,(H,13,14)(H,15,16). The average Bonchev–Trinajstić information content (AvgIpc) is 2.28. The number of anilines is 1. The molecule has 5 nitrogen and oxygen atoms in total. The van der Waals surface area contributed by atoms with E-state index in [1.54, 1.807) is 18.2 Å². The second-order valence-electron chi connectivity index (χ2n) is 3.53. The van der Waals surface area contributed by atoms with Gasteiger partial charge in [0.25, 0.3) is 0 Å². The van der Waals surface area contributed by atoms with Crippen LogP contribution in [0.5, 0.6) is 0 Å². The number of carbonyl (C=O) groups is 2. The first-order valence-electron chi connectivity index (χ1n) is 5.22. The molecule has 0 aliphatic heterocycles. The minimum Gasteiger partial charge on any atom is -0.481 e. The van der Waals surface area contributed by atoms with Crippen LogP contribution in [0.15, 0.2) is 24.3 Å². The average molecular weight is 237 g/mol. The summed E-state index contributed by atoms with van der Waals surface area (Å²) in [4.78, 5) is 21.9. The van der Waals surface area contributed by atoms with E-state index in [4.69, 9.17) is 9.84 Å². The number of aliphatic carboxylic acids is 1. The van der Waals surface area contributed by atoms with Crippen molar-refractivity contribution in [2.75, 3.05) is 19.0 Å². The molecular formula is C12H15NO4. The Morgan fingerprint density at radius 1 is 1.35 bits per heavy atom. The molecule has 0 unspecified atom stereocenters. The summed E-state index contributed by atoms with van der Waals surface area (Å²) >= 11 is 0. The molecule has 5 heteroatoms. The summed E-state index contributed by atoms with van der Waals surface area (Å²) in [6.45, 7) is -0.0206. The van der Waals surface area contributed by atoms with Crippen LogP contribution in [-0.4, -0.2) is 30.7 Å². The van der Waals surface area contributed by atoms with Gasteiger partial charge in [0, 0.05) is 19.2 Å². The number of hydrogen-bond donors (Lipinski definition) is 2. The Balaban J connectivity index is 2.70. The van der Waals surface area contributed by atoms with Crippen LogP contribution in [0, 0.1) is 0 Å². The molecule has 0 saturated heterocycles. The van der Waals surface area contributed by atoms with Gasteiger partial charge in [-0.05, 0) is 18.1 Å². The summed E-state index contributed by atoms with van der Waals surface area (Å²) in [7, 11) is 1.44. The van der Waals surface area contributed by atoms with Gasteiger partial charge in [-0.15, -0.1) is 0 Å². The molecule has 1 aromatic rings. The van der Waals surface area contributed by atoms with Gasteiger partial charge in [0.1, 0.15) is 6.61 Å². The Labute approximate surface area is 99.4 Å². The van der Waals surface area contributed by atoms with Crippen molar-refractivity contribution in [3.8, 4) is 0 Å². The summed E-state index contributed by atoms with van der Waals surface area (Å²) < 4.78 is 4.71. The fourth-order valence-electron chi connectivity index (χ4n) is 1.42. The topological polar surface area (TPSA) is 75.6 Å². The van der Waals surface area contributed by atoms with E-state index in [0.717, 1.165) is 5.56 Å². The zero-order valence-corrected chi connectivity index (χ0v) is 9.60. The lowest BCUT2D eigenvalue weighted by atomic mass is 10.1. The van der Waals surface area contributed by atoms with Gasteiger partial charge in [0.15, 0.2) is 0 Å². The molecule has 17 heavy (non-hydrogen) atoms. The quantitative estimate of drug-likeness (QED) is 0.781. The van der Waals surface area contributed by atoms with Crippen LogP contribution in [0.1, 0.15) is 12.0 Å². The molecular weight excluding hydrogens is 222 g/mol. The lowest BCUT2D eigenvalue weighted by Gasteiger charge is -2.09. The predicted octanol–water partition coefficient (Wildman–Crippen LogP) is 1.29. The van der Waals surface area contributed by atoms with Gasteiger partial charge >= 0.3 is 5.97 Å². The van der Waals surface area contributed by atoms with E-state index in [9.17, 15) is 9.59 Å². The van der Waals surface area contributed by atoms with Crippen molar-refractivity contribution >= 4 is 17.6 Å². The molecule has 0 saturated carbocycles. The zero-order valence-electron chi connectivity index (χ0n) is 9.60. The zero-order chi connectivity index (χ0) is 12.7. The Bertz CT molecular complexity index is 403. The maximum absolute atomic E-state index is 11.4. The third-order valence-electron chi connectivity index (χ3n) is 2.18. The number of hydrogen-bond acceptors (Lipinski definition) is 3. The fourth-order valence-corrected chi connectivity index (χ4v) is 1.42. The molecule has 0 aromatic heterocycles. The summed E-state index contributed by atoms with van der Waals surface area (Å²) in [5.74, 6) is -1.11. The van der Waals surface area contributed by atoms with E-state index in [1.165, 1.54) is 7.11 Å². The summed E-state index contributed by atoms with van der Waals surface area (Å²) in [6, 6.07) is 7.13. The Morgan fingerprint density at radius 3 is 2.71 bits per heavy atom. The highest BCUT2D eigenvalue weighted by atomic mass is 16.5. The second kappa shape index (κ2) is 6.65. The number of nitrogens with one attached hydrogen (secondary N) is 1. The number of amides is 1. The van der Waals surface area contributed by atoms with Crippen LogP contribution in [0.25, 0.3) is 0 Å². The van der Waals surface area contributed by atoms with Gasteiger partial charge in [-0.3, -0.25) is 9.59 Å². The first-order valence-corrected chi connectivity index (χ1v) is 5.22. The van der Waals surface area contributed by atoms with Crippen molar-refractivity contribution in [3.05, 3.63) is 29.8 Å². The lowest BCUT2D eigenvalue weighted by molar-refractivity contribution is -0.137. The molecule has 0 spiro atoms. The molecule has 0 aliphatic rings. The Morgan fingerprint density at radius 2 is 2.06 bits per heavy atom. The van der Waals surface area contributed by atoms with Crippen LogP contribution in [0.2, 0.25) is 0 Å². The highest BCUT2D eigenvalue weighted by Gasteiger charge is 2.07. The van der Waals surface area contributed by atoms with E-state index in [0.29, 0.717) is 12.1 Å². The molecule has 0 radical (unpaired) electrons. The van der Waals surface area contributed by atoms with Crippen LogP contribution in [0.4, 0.5) is 5.69 Å². The predicted molar refractivity (Wildman–Crippen MR) is 62.9 cm³/mol. The third-order valence-corrected chi connectivity index (χ3v) is 2.18. The molecule has 0 aliphatic carbocycles. The van der Waals surface area contributed by atoms with Gasteiger partial charge in [0.2, 0.25) is 5.91 Å². The molecule has 2 N–H and O–H groups in total. The van der Waals surface area contributed by atoms with E-state index in [1.807, 2.05) is 6.07 Å². The molecule has 1 aromatic carbocycles. The number of carboxylic acids is 1. The van der Waals surface area contributed by atoms with Crippen LogP contribution in [0.3, 0.4) is 0 Å². The monoisotopic (exact) mass is 237 g/mol. The van der Waals surface area contributed by atoms with E-state index >= 15 is 0 Å². The molecule has 1 amide bonds. The molecule has 1 rings (SSSR count). The van der Waals surface area contributed by atoms with Crippen molar-refractivity contribution in [3.63, 3.8) is 0 Å². The fraction of sp³-hybridized carbons (Fsp3) is 0.333. The van der Waals surface area contributed by atoms with Crippen molar-refractivity contribution in [1.82, 2.24) is 0 Å². The van der Waals surface area contributed by atoms with E-state index < -0.39 is 5.97 Å². The van der Waals surface area contributed by atoms with E-state index in [-0.39, 0.29) is 18.9 Å². The smallest absolute Gasteiger partial charge is 0.303 e. The van der Waals surface area contributed by atoms with Crippen molar-refractivity contribution in [2.45, 2.75) is 12.8 Å². The number of methoxy groups -OCH3 is 1. The number of carboxylic acid groups (broad SMARTS) is 1. The maximum atomic E-state index is 11.4. The SMILES string of the molecule is COCC(=O)Nc1ccccc1CCC(=O)O. The summed E-state index contributed by atoms with van der Waals surface area (Å²) in [6.07, 6.45) is 0.427. The first kappa shape index (κ1) is 13.2. The summed E-state index contributed by atoms with van der Waals surface area (Å²) in [5, 5.41) is 11.3. The Hall–Kier alpha value is -1.88. The third kappa shape index (κ3) is 4.65. The Kier molecular flexibility index (Phi) is 5.16. The molecule has 92 valence electrons. The van der Waals surface area contributed by atoms with Crippen LogP contribution < -0.4 is 5.32 Å². The van der Waals surface area contributed by atoms with Gasteiger partial charge in [-0.2, -0.15) is 0 Å². The van der Waals surface area contributed by atoms with Gasteiger partial charge in [0.05, 0.1) is 0 Å². The minimum atomic E-state index is -0.858. The van der Waals surface area contributed by atoms with Crippen molar-refractivity contribution in [2.24, 2.45) is 0 Å². The highest BCUT2D eigenvalue weighted by Crippen LogP contribution is 2.16. The number of rotatable bonds is 6. The molecule has 0 atom stereocenters. The summed E-state index contributed by atoms with van der Waals surface area (Å²) in [5.41, 5.74) is 1.44. The minimum absolute atomic E-state index is 0.0206. The largest absolute Gasteiger partial charge is 0.481 e. The lowest BCUT2D eigenvalue weighted by Crippen LogP contribution is -2.18. The number of aryl methyl sites for hydroxylation is 1. The number of ether oxygens (including phenoxy) is 1. The van der Waals surface area contributed by atoms with Gasteiger partial charge in [-0.1, -0.05) is 18.2 Å². The van der Waals surface area contributed by atoms with Crippen LogP contribution >= 0.6 is 0 Å². The molecule has 0 heterocycles. The van der Waals surface area contributed by atoms with Gasteiger partial charge in [-0.25, -0.2) is 0 Å². The molecule has 0 bridgehead atoms. The molecule has 0 fully saturated rings. The second-order valence-corrected chi connectivity index (χ2v) is 3.53. The van der Waals surface area contributed by atoms with Crippen LogP contribution in [-0.2, 0) is 20.7 Å².